The zero-order valence-electron chi connectivity index (χ0n) is 18.9. The number of piperazine rings is 1. The lowest BCUT2D eigenvalue weighted by molar-refractivity contribution is -0.139. The van der Waals surface area contributed by atoms with Crippen molar-refractivity contribution in [2.75, 3.05) is 19.7 Å². The number of carboxylic acid groups (broad SMARTS) is 1. The van der Waals surface area contributed by atoms with E-state index in [-0.39, 0.29) is 36.8 Å². The summed E-state index contributed by atoms with van der Waals surface area (Å²) in [7, 11) is 0. The second-order valence-electron chi connectivity index (χ2n) is 8.59. The Morgan fingerprint density at radius 1 is 1.09 bits per heavy atom. The van der Waals surface area contributed by atoms with Gasteiger partial charge in [0.15, 0.2) is 6.61 Å². The number of amides is 1. The fourth-order valence-corrected chi connectivity index (χ4v) is 4.10. The van der Waals surface area contributed by atoms with Crippen molar-refractivity contribution in [2.45, 2.75) is 52.2 Å². The number of hydrogen-bond donors (Lipinski definition) is 1. The number of nitrogens with zero attached hydrogens (tertiary/aromatic N) is 2. The third-order valence-corrected chi connectivity index (χ3v) is 5.91. The van der Waals surface area contributed by atoms with Crippen molar-refractivity contribution in [1.82, 2.24) is 9.80 Å². The maximum Gasteiger partial charge on any atom is 0.303 e. The Kier molecular flexibility index (Phi) is 7.85. The predicted octanol–water partition coefficient (Wildman–Crippen LogP) is 3.65. The Balaban J connectivity index is 1.58. The van der Waals surface area contributed by atoms with Crippen molar-refractivity contribution in [2.24, 2.45) is 0 Å². The maximum atomic E-state index is 13.2. The first-order valence-electron chi connectivity index (χ1n) is 10.9. The van der Waals surface area contributed by atoms with Crippen LogP contribution < -0.4 is 4.74 Å². The first-order valence-corrected chi connectivity index (χ1v) is 10.9. The molecule has 7 heteroatoms. The molecule has 2 aromatic rings. The van der Waals surface area contributed by atoms with Crippen LogP contribution in [0, 0.1) is 12.7 Å². The van der Waals surface area contributed by atoms with Crippen LogP contribution in [-0.4, -0.2) is 58.6 Å². The van der Waals surface area contributed by atoms with Gasteiger partial charge in [0.05, 0.1) is 0 Å². The lowest BCUT2D eigenvalue weighted by Crippen LogP contribution is -2.58. The summed E-state index contributed by atoms with van der Waals surface area (Å²) in [5, 5.41) is 8.98. The molecule has 6 nitrogen and oxygen atoms in total. The number of halogens is 1. The summed E-state index contributed by atoms with van der Waals surface area (Å²) in [6.45, 7) is 7.97. The van der Waals surface area contributed by atoms with Gasteiger partial charge in [0.2, 0.25) is 0 Å². The Labute approximate surface area is 188 Å². The van der Waals surface area contributed by atoms with Gasteiger partial charge in [0, 0.05) is 38.1 Å². The highest BCUT2D eigenvalue weighted by Crippen LogP contribution is 2.23. The number of aliphatic carboxylic acids is 1. The van der Waals surface area contributed by atoms with E-state index in [0.717, 1.165) is 23.2 Å². The summed E-state index contributed by atoms with van der Waals surface area (Å²) in [5.74, 6) is -0.642. The van der Waals surface area contributed by atoms with Crippen molar-refractivity contribution < 1.29 is 23.8 Å². The van der Waals surface area contributed by atoms with Gasteiger partial charge in [-0.25, -0.2) is 4.39 Å². The molecule has 0 radical (unpaired) electrons. The minimum Gasteiger partial charge on any atom is -0.483 e. The number of ether oxygens (including phenoxy) is 1. The fraction of sp³-hybridized carbons (Fsp3) is 0.440. The van der Waals surface area contributed by atoms with Crippen LogP contribution in [-0.2, 0) is 22.6 Å². The number of benzene rings is 2. The zero-order valence-corrected chi connectivity index (χ0v) is 18.9. The monoisotopic (exact) mass is 442 g/mol. The standard InChI is InChI=1S/C25H31FN2O4/c1-17-4-10-23(21(12-17)7-11-25(30)31)32-16-24(29)28-14-18(2)27(13-19(28)3)15-20-5-8-22(26)9-6-20/h4-6,8-10,12,18-19H,7,11,13-16H2,1-3H3,(H,30,31). The van der Waals surface area contributed by atoms with Crippen molar-refractivity contribution in [3.8, 4) is 5.75 Å². The van der Waals surface area contributed by atoms with Crippen molar-refractivity contribution in [3.63, 3.8) is 0 Å². The van der Waals surface area contributed by atoms with Crippen molar-refractivity contribution in [3.05, 3.63) is 65.0 Å². The molecule has 172 valence electrons. The number of carboxylic acids is 1. The van der Waals surface area contributed by atoms with E-state index in [1.807, 2.05) is 30.9 Å². The molecule has 1 heterocycles. The summed E-state index contributed by atoms with van der Waals surface area (Å²) in [6.07, 6.45) is 0.369. The van der Waals surface area contributed by atoms with E-state index in [9.17, 15) is 14.0 Å². The van der Waals surface area contributed by atoms with Gasteiger partial charge in [-0.15, -0.1) is 0 Å². The average molecular weight is 443 g/mol. The molecular weight excluding hydrogens is 411 g/mol. The quantitative estimate of drug-likeness (QED) is 0.676. The first-order chi connectivity index (χ1) is 15.2. The summed E-state index contributed by atoms with van der Waals surface area (Å²) in [6, 6.07) is 12.3. The topological polar surface area (TPSA) is 70.1 Å². The van der Waals surface area contributed by atoms with Crippen LogP contribution in [0.1, 0.15) is 37.0 Å². The number of hydrogen-bond acceptors (Lipinski definition) is 4. The molecule has 1 fully saturated rings. The molecule has 2 unspecified atom stereocenters. The molecule has 0 bridgehead atoms. The van der Waals surface area contributed by atoms with E-state index < -0.39 is 5.97 Å². The third kappa shape index (κ3) is 6.29. The molecule has 0 spiro atoms. The van der Waals surface area contributed by atoms with Gasteiger partial charge >= 0.3 is 5.97 Å². The summed E-state index contributed by atoms with van der Waals surface area (Å²) in [5.41, 5.74) is 2.86. The Morgan fingerprint density at radius 2 is 1.81 bits per heavy atom. The van der Waals surface area contributed by atoms with Gasteiger partial charge in [0.1, 0.15) is 11.6 Å². The maximum absolute atomic E-state index is 13.2. The van der Waals surface area contributed by atoms with E-state index >= 15 is 0 Å². The highest BCUT2D eigenvalue weighted by atomic mass is 19.1. The van der Waals surface area contributed by atoms with Gasteiger partial charge in [0.25, 0.3) is 5.91 Å². The summed E-state index contributed by atoms with van der Waals surface area (Å²) >= 11 is 0. The minimum atomic E-state index is -0.866. The van der Waals surface area contributed by atoms with Crippen LogP contribution in [0.3, 0.4) is 0 Å². The molecule has 1 N–H and O–H groups in total. The van der Waals surface area contributed by atoms with E-state index in [4.69, 9.17) is 9.84 Å². The number of carbonyl (C=O) groups is 2. The normalized spacial score (nSPS) is 19.1. The molecule has 2 atom stereocenters. The Hall–Kier alpha value is -2.93. The smallest absolute Gasteiger partial charge is 0.303 e. The van der Waals surface area contributed by atoms with Gasteiger partial charge in [-0.05, 0) is 56.5 Å². The Morgan fingerprint density at radius 3 is 2.50 bits per heavy atom. The van der Waals surface area contributed by atoms with Crippen LogP contribution >= 0.6 is 0 Å². The highest BCUT2D eigenvalue weighted by Gasteiger charge is 2.32. The van der Waals surface area contributed by atoms with Gasteiger partial charge in [-0.3, -0.25) is 14.5 Å². The number of aryl methyl sites for hydroxylation is 2. The van der Waals surface area contributed by atoms with Gasteiger partial charge in [-0.2, -0.15) is 0 Å². The molecular formula is C25H31FN2O4. The second kappa shape index (κ2) is 10.6. The highest BCUT2D eigenvalue weighted by molar-refractivity contribution is 5.78. The van der Waals surface area contributed by atoms with Crippen molar-refractivity contribution in [1.29, 1.82) is 0 Å². The van der Waals surface area contributed by atoms with Crippen LogP contribution in [0.5, 0.6) is 5.75 Å². The molecule has 1 saturated heterocycles. The first kappa shape index (κ1) is 23.7. The van der Waals surface area contributed by atoms with E-state index in [0.29, 0.717) is 25.3 Å². The molecule has 3 rings (SSSR count). The van der Waals surface area contributed by atoms with Crippen LogP contribution in [0.4, 0.5) is 4.39 Å². The van der Waals surface area contributed by atoms with E-state index in [1.54, 1.807) is 18.2 Å². The molecule has 1 aliphatic rings. The predicted molar refractivity (Wildman–Crippen MR) is 120 cm³/mol. The average Bonchev–Trinajstić information content (AvgIpc) is 2.75. The SMILES string of the molecule is Cc1ccc(OCC(=O)N2CC(C)N(Cc3ccc(F)cc3)CC2C)c(CCC(=O)O)c1. The second-order valence-corrected chi connectivity index (χ2v) is 8.59. The van der Waals surface area contributed by atoms with E-state index in [1.165, 1.54) is 12.1 Å². The number of carbonyl (C=O) groups excluding carboxylic acids is 1. The molecule has 32 heavy (non-hydrogen) atoms. The summed E-state index contributed by atoms with van der Waals surface area (Å²) in [4.78, 5) is 28.0. The molecule has 0 aliphatic carbocycles. The zero-order chi connectivity index (χ0) is 23.3. The largest absolute Gasteiger partial charge is 0.483 e. The molecule has 1 aliphatic heterocycles. The van der Waals surface area contributed by atoms with Crippen LogP contribution in [0.15, 0.2) is 42.5 Å². The lowest BCUT2D eigenvalue weighted by atomic mass is 10.1. The minimum absolute atomic E-state index is 0.0122. The fourth-order valence-electron chi connectivity index (χ4n) is 4.10. The summed E-state index contributed by atoms with van der Waals surface area (Å²) < 4.78 is 19.0. The number of rotatable bonds is 8. The van der Waals surface area contributed by atoms with Crippen LogP contribution in [0.2, 0.25) is 0 Å². The molecule has 2 aromatic carbocycles. The van der Waals surface area contributed by atoms with Gasteiger partial charge < -0.3 is 14.7 Å². The Bertz CT molecular complexity index is 947. The lowest BCUT2D eigenvalue weighted by Gasteiger charge is -2.44. The molecule has 0 saturated carbocycles. The van der Waals surface area contributed by atoms with Crippen LogP contribution in [0.25, 0.3) is 0 Å². The van der Waals surface area contributed by atoms with Gasteiger partial charge in [-0.1, -0.05) is 29.8 Å². The molecule has 1 amide bonds. The van der Waals surface area contributed by atoms with E-state index in [2.05, 4.69) is 11.8 Å². The molecule has 0 aromatic heterocycles. The van der Waals surface area contributed by atoms with Crippen molar-refractivity contribution >= 4 is 11.9 Å². The third-order valence-electron chi connectivity index (χ3n) is 5.91.